The van der Waals surface area contributed by atoms with Gasteiger partial charge in [-0.3, -0.25) is 4.79 Å². The second-order valence-corrected chi connectivity index (χ2v) is 14.0. The molecule has 198 valence electrons. The number of amides is 1. The molecule has 8 nitrogen and oxygen atoms in total. The van der Waals surface area contributed by atoms with E-state index in [0.29, 0.717) is 25.3 Å². The number of benzene rings is 2. The number of oxazole rings is 1. The molecule has 0 aliphatic carbocycles. The van der Waals surface area contributed by atoms with Crippen molar-refractivity contribution in [3.63, 3.8) is 0 Å². The Kier molecular flexibility index (Phi) is 9.79. The van der Waals surface area contributed by atoms with Gasteiger partial charge in [0.2, 0.25) is 0 Å². The molecule has 1 atom stereocenters. The first-order valence-corrected chi connectivity index (χ1v) is 14.4. The normalized spacial score (nSPS) is 12.7. The highest BCUT2D eigenvalue weighted by Gasteiger charge is 2.49. The number of rotatable bonds is 12. The number of aryl methyl sites for hydroxylation is 1. The topological polar surface area (TPSA) is 111 Å². The van der Waals surface area contributed by atoms with Crippen LogP contribution in [0.4, 0.5) is 0 Å². The minimum Gasteiger partial charge on any atom is -0.464 e. The second-order valence-electron chi connectivity index (χ2n) is 9.70. The Labute approximate surface area is 219 Å². The van der Waals surface area contributed by atoms with Crippen molar-refractivity contribution in [1.82, 2.24) is 10.3 Å². The van der Waals surface area contributed by atoms with Gasteiger partial charge < -0.3 is 24.0 Å². The molecule has 0 aliphatic rings. The number of aliphatic hydroxyl groups is 1. The standard InChI is InChI=1S/C28H36N2O6Si/c1-5-34-27(33)23(19-31)30-26(32)24-20-35-25(29-24)17-12-18-36-37(28(2,3)4,21-13-8-6-9-14-21)22-15-10-7-11-16-22/h6-11,13-16,20,23,31H,5,12,17-19H2,1-4H3,(H,30,32)/t23-/m0/s1. The Morgan fingerprint density at radius 2 is 1.65 bits per heavy atom. The van der Waals surface area contributed by atoms with Gasteiger partial charge >= 0.3 is 5.97 Å². The van der Waals surface area contributed by atoms with Crippen LogP contribution >= 0.6 is 0 Å². The fraction of sp³-hybridized carbons (Fsp3) is 0.393. The van der Waals surface area contributed by atoms with Gasteiger partial charge in [-0.2, -0.15) is 0 Å². The number of aromatic nitrogens is 1. The van der Waals surface area contributed by atoms with Crippen LogP contribution in [0.3, 0.4) is 0 Å². The molecule has 1 amide bonds. The van der Waals surface area contributed by atoms with E-state index >= 15 is 0 Å². The molecule has 2 aromatic carbocycles. The molecular weight excluding hydrogens is 488 g/mol. The van der Waals surface area contributed by atoms with Crippen molar-refractivity contribution in [3.05, 3.63) is 78.5 Å². The van der Waals surface area contributed by atoms with Crippen LogP contribution in [0, 0.1) is 0 Å². The molecule has 0 spiro atoms. The number of aliphatic hydroxyl groups excluding tert-OH is 1. The zero-order valence-corrected chi connectivity index (χ0v) is 22.9. The Hall–Kier alpha value is -3.27. The summed E-state index contributed by atoms with van der Waals surface area (Å²) in [5.74, 6) is -0.930. The van der Waals surface area contributed by atoms with E-state index in [2.05, 4.69) is 79.6 Å². The van der Waals surface area contributed by atoms with Crippen molar-refractivity contribution in [3.8, 4) is 0 Å². The molecule has 3 aromatic rings. The largest absolute Gasteiger partial charge is 0.464 e. The number of hydrogen-bond acceptors (Lipinski definition) is 7. The molecule has 0 aliphatic heterocycles. The van der Waals surface area contributed by atoms with Crippen molar-refractivity contribution in [2.75, 3.05) is 19.8 Å². The van der Waals surface area contributed by atoms with E-state index in [0.717, 1.165) is 0 Å². The smallest absolute Gasteiger partial charge is 0.331 e. The van der Waals surface area contributed by atoms with E-state index in [4.69, 9.17) is 13.6 Å². The highest BCUT2D eigenvalue weighted by atomic mass is 28.4. The SMILES string of the molecule is CCOC(=O)[C@H](CO)NC(=O)c1coc(CCCO[Si](c2ccccc2)(c2ccccc2)C(C)(C)C)n1. The zero-order chi connectivity index (χ0) is 26.9. The van der Waals surface area contributed by atoms with Crippen molar-refractivity contribution >= 4 is 30.6 Å². The van der Waals surface area contributed by atoms with Crippen molar-refractivity contribution < 1.29 is 28.3 Å². The molecule has 0 bridgehead atoms. The maximum atomic E-state index is 12.4. The molecule has 1 heterocycles. The zero-order valence-electron chi connectivity index (χ0n) is 21.9. The van der Waals surface area contributed by atoms with Gasteiger partial charge in [-0.05, 0) is 28.8 Å². The summed E-state index contributed by atoms with van der Waals surface area (Å²) in [6, 6.07) is 19.7. The molecule has 9 heteroatoms. The molecule has 1 aromatic heterocycles. The van der Waals surface area contributed by atoms with Crippen molar-refractivity contribution in [2.45, 2.75) is 51.6 Å². The van der Waals surface area contributed by atoms with Crippen molar-refractivity contribution in [2.24, 2.45) is 0 Å². The third kappa shape index (κ3) is 6.74. The number of ether oxygens (including phenoxy) is 1. The van der Waals surface area contributed by atoms with Crippen LogP contribution in [-0.4, -0.2) is 56.1 Å². The van der Waals surface area contributed by atoms with E-state index in [1.807, 2.05) is 12.1 Å². The Bertz CT molecular complexity index is 1100. The lowest BCUT2D eigenvalue weighted by atomic mass is 10.2. The molecular formula is C28H36N2O6Si. The predicted octanol–water partition coefficient (Wildman–Crippen LogP) is 2.84. The summed E-state index contributed by atoms with van der Waals surface area (Å²) in [7, 11) is -2.62. The van der Waals surface area contributed by atoms with Gasteiger partial charge in [0.05, 0.1) is 13.2 Å². The number of esters is 1. The lowest BCUT2D eigenvalue weighted by Gasteiger charge is -2.43. The summed E-state index contributed by atoms with van der Waals surface area (Å²) in [5, 5.41) is 14.1. The van der Waals surface area contributed by atoms with E-state index in [1.54, 1.807) is 6.92 Å². The lowest BCUT2D eigenvalue weighted by molar-refractivity contribution is -0.146. The first-order valence-electron chi connectivity index (χ1n) is 12.5. The molecule has 0 saturated heterocycles. The summed E-state index contributed by atoms with van der Waals surface area (Å²) in [6.07, 6.45) is 2.37. The summed E-state index contributed by atoms with van der Waals surface area (Å²) >= 11 is 0. The van der Waals surface area contributed by atoms with E-state index in [-0.39, 0.29) is 17.3 Å². The molecule has 0 radical (unpaired) electrons. The first-order chi connectivity index (χ1) is 17.7. The van der Waals surface area contributed by atoms with Gasteiger partial charge in [0, 0.05) is 13.0 Å². The van der Waals surface area contributed by atoms with Crippen LogP contribution in [0.15, 0.2) is 71.3 Å². The fourth-order valence-electron chi connectivity index (χ4n) is 4.39. The van der Waals surface area contributed by atoms with Crippen LogP contribution in [0.2, 0.25) is 5.04 Å². The second kappa shape index (κ2) is 12.8. The third-order valence-electron chi connectivity index (χ3n) is 6.11. The average molecular weight is 525 g/mol. The minimum absolute atomic E-state index is 0.0330. The van der Waals surface area contributed by atoms with E-state index < -0.39 is 32.8 Å². The third-order valence-corrected chi connectivity index (χ3v) is 11.2. The minimum atomic E-state index is -2.62. The number of nitrogens with zero attached hydrogens (tertiary/aromatic N) is 1. The van der Waals surface area contributed by atoms with Crippen LogP contribution in [0.5, 0.6) is 0 Å². The Morgan fingerprint density at radius 1 is 1.05 bits per heavy atom. The fourth-order valence-corrected chi connectivity index (χ4v) is 9.00. The molecule has 37 heavy (non-hydrogen) atoms. The average Bonchev–Trinajstić information content (AvgIpc) is 3.37. The van der Waals surface area contributed by atoms with Gasteiger partial charge in [0.15, 0.2) is 17.6 Å². The lowest BCUT2D eigenvalue weighted by Crippen LogP contribution is -2.66. The predicted molar refractivity (Wildman–Crippen MR) is 143 cm³/mol. The van der Waals surface area contributed by atoms with Gasteiger partial charge in [-0.25, -0.2) is 9.78 Å². The highest BCUT2D eigenvalue weighted by Crippen LogP contribution is 2.36. The summed E-state index contributed by atoms with van der Waals surface area (Å²) in [5.41, 5.74) is 0.0330. The van der Waals surface area contributed by atoms with Crippen LogP contribution in [0.25, 0.3) is 0 Å². The van der Waals surface area contributed by atoms with Gasteiger partial charge in [0.25, 0.3) is 14.2 Å². The van der Waals surface area contributed by atoms with Crippen molar-refractivity contribution in [1.29, 1.82) is 0 Å². The van der Waals surface area contributed by atoms with E-state index in [9.17, 15) is 14.7 Å². The number of hydrogen-bond donors (Lipinski definition) is 2. The Morgan fingerprint density at radius 3 is 2.16 bits per heavy atom. The van der Waals surface area contributed by atoms with Gasteiger partial charge in [-0.15, -0.1) is 0 Å². The van der Waals surface area contributed by atoms with Gasteiger partial charge in [0.1, 0.15) is 6.26 Å². The summed E-state index contributed by atoms with van der Waals surface area (Å²) in [4.78, 5) is 28.5. The van der Waals surface area contributed by atoms with E-state index in [1.165, 1.54) is 16.6 Å². The molecule has 0 saturated carbocycles. The number of carbonyl (C=O) groups is 2. The Balaban J connectivity index is 1.69. The molecule has 3 rings (SSSR count). The maximum absolute atomic E-state index is 12.4. The molecule has 0 unspecified atom stereocenters. The van der Waals surface area contributed by atoms with Gasteiger partial charge in [-0.1, -0.05) is 81.4 Å². The quantitative estimate of drug-likeness (QED) is 0.213. The van der Waals surface area contributed by atoms with Crippen LogP contribution < -0.4 is 15.7 Å². The highest BCUT2D eigenvalue weighted by molar-refractivity contribution is 6.99. The number of carbonyl (C=O) groups excluding carboxylic acids is 2. The summed E-state index contributed by atoms with van der Waals surface area (Å²) < 4.78 is 17.2. The number of nitrogens with one attached hydrogen (secondary N) is 1. The summed E-state index contributed by atoms with van der Waals surface area (Å²) in [6.45, 7) is 8.41. The monoisotopic (exact) mass is 524 g/mol. The van der Waals surface area contributed by atoms with Crippen LogP contribution in [-0.2, 0) is 20.4 Å². The molecule has 2 N–H and O–H groups in total. The molecule has 0 fully saturated rings. The van der Waals surface area contributed by atoms with Crippen LogP contribution in [0.1, 0.15) is 50.5 Å². The first kappa shape index (κ1) is 28.3. The maximum Gasteiger partial charge on any atom is 0.331 e.